The van der Waals surface area contributed by atoms with E-state index in [9.17, 15) is 0 Å². The van der Waals surface area contributed by atoms with Gasteiger partial charge in [0.25, 0.3) is 0 Å². The van der Waals surface area contributed by atoms with Gasteiger partial charge in [-0.05, 0) is 119 Å². The number of fused-ring (bicyclic) bond motifs is 3. The minimum Gasteiger partial charge on any atom is -0.381 e. The van der Waals surface area contributed by atoms with E-state index in [1.807, 2.05) is 0 Å². The van der Waals surface area contributed by atoms with Gasteiger partial charge >= 0.3 is 0 Å². The number of nitrogens with one attached hydrogen (secondary N) is 1. The first-order valence-electron chi connectivity index (χ1n) is 20.7. The summed E-state index contributed by atoms with van der Waals surface area (Å²) in [5.41, 5.74) is 15.4. The van der Waals surface area contributed by atoms with Crippen LogP contribution in [0.15, 0.2) is 200 Å². The van der Waals surface area contributed by atoms with Gasteiger partial charge in [0.1, 0.15) is 0 Å². The number of rotatable bonds is 8. The van der Waals surface area contributed by atoms with Crippen molar-refractivity contribution in [2.24, 2.45) is 11.8 Å². The van der Waals surface area contributed by atoms with Gasteiger partial charge in [0.2, 0.25) is 0 Å². The van der Waals surface area contributed by atoms with Crippen LogP contribution in [0.4, 0.5) is 5.69 Å². The third-order valence-corrected chi connectivity index (χ3v) is 12.4. The summed E-state index contributed by atoms with van der Waals surface area (Å²) >= 11 is 0. The Morgan fingerprint density at radius 2 is 1.33 bits per heavy atom. The van der Waals surface area contributed by atoms with Crippen molar-refractivity contribution in [2.45, 2.75) is 44.6 Å². The van der Waals surface area contributed by atoms with Crippen molar-refractivity contribution < 1.29 is 0 Å². The number of para-hydroxylation sites is 1. The Morgan fingerprint density at radius 1 is 0.614 bits per heavy atom. The Hall–Kier alpha value is -6.38. The van der Waals surface area contributed by atoms with Crippen molar-refractivity contribution in [3.63, 3.8) is 0 Å². The highest BCUT2D eigenvalue weighted by Crippen LogP contribution is 2.40. The summed E-state index contributed by atoms with van der Waals surface area (Å²) in [6.45, 7) is 2.35. The van der Waals surface area contributed by atoms with E-state index >= 15 is 0 Å². The van der Waals surface area contributed by atoms with Crippen molar-refractivity contribution in [1.82, 2.24) is 4.57 Å². The first-order chi connectivity index (χ1) is 28.1. The molecule has 3 aliphatic carbocycles. The van der Waals surface area contributed by atoms with E-state index in [4.69, 9.17) is 0 Å². The molecule has 1 aromatic heterocycles. The fourth-order valence-corrected chi connectivity index (χ4v) is 9.37. The summed E-state index contributed by atoms with van der Waals surface area (Å²) in [4.78, 5) is 0. The van der Waals surface area contributed by atoms with Gasteiger partial charge in [-0.3, -0.25) is 0 Å². The number of allylic oxidation sites excluding steroid dienone is 8. The molecule has 7 aromatic rings. The van der Waals surface area contributed by atoms with Crippen LogP contribution in [0.25, 0.3) is 55.3 Å². The molecule has 0 amide bonds. The number of anilines is 1. The smallest absolute Gasteiger partial charge is 0.0544 e. The average Bonchev–Trinajstić information content (AvgIpc) is 3.61. The molecule has 0 fully saturated rings. The number of hydrogen-bond donors (Lipinski definition) is 1. The van der Waals surface area contributed by atoms with Gasteiger partial charge in [-0.1, -0.05) is 159 Å². The number of benzene rings is 6. The highest BCUT2D eigenvalue weighted by Gasteiger charge is 2.29. The molecule has 0 radical (unpaired) electrons. The Morgan fingerprint density at radius 3 is 2.09 bits per heavy atom. The van der Waals surface area contributed by atoms with Crippen LogP contribution >= 0.6 is 0 Å². The molecule has 57 heavy (non-hydrogen) atoms. The summed E-state index contributed by atoms with van der Waals surface area (Å²) in [7, 11) is 0. The number of aromatic nitrogens is 1. The van der Waals surface area contributed by atoms with Crippen molar-refractivity contribution in [2.75, 3.05) is 5.32 Å². The van der Waals surface area contributed by atoms with Crippen LogP contribution in [0.5, 0.6) is 0 Å². The van der Waals surface area contributed by atoms with Crippen LogP contribution in [0.1, 0.15) is 49.7 Å². The van der Waals surface area contributed by atoms with Gasteiger partial charge < -0.3 is 9.88 Å². The largest absolute Gasteiger partial charge is 0.381 e. The van der Waals surface area contributed by atoms with E-state index in [-0.39, 0.29) is 0 Å². The molecule has 4 atom stereocenters. The molecule has 2 nitrogen and oxygen atoms in total. The van der Waals surface area contributed by atoms with E-state index in [0.717, 1.165) is 25.7 Å². The number of hydrogen-bond acceptors (Lipinski definition) is 1. The van der Waals surface area contributed by atoms with Gasteiger partial charge in [0, 0.05) is 40.0 Å². The Balaban J connectivity index is 0.935. The lowest BCUT2D eigenvalue weighted by atomic mass is 9.77. The molecule has 3 aliphatic rings. The third-order valence-electron chi connectivity index (χ3n) is 12.4. The molecule has 278 valence electrons. The first kappa shape index (κ1) is 35.1. The van der Waals surface area contributed by atoms with Gasteiger partial charge in [-0.25, -0.2) is 0 Å². The summed E-state index contributed by atoms with van der Waals surface area (Å²) in [5, 5.41) is 6.67. The average molecular weight is 737 g/mol. The maximum atomic E-state index is 4.08. The molecule has 2 heteroatoms. The van der Waals surface area contributed by atoms with E-state index in [0.29, 0.717) is 23.8 Å². The predicted octanol–water partition coefficient (Wildman–Crippen LogP) is 14.5. The molecule has 1 heterocycles. The van der Waals surface area contributed by atoms with Crippen LogP contribution in [0.3, 0.4) is 0 Å². The Bertz CT molecular complexity index is 2720. The van der Waals surface area contributed by atoms with Crippen LogP contribution in [0.2, 0.25) is 0 Å². The second kappa shape index (κ2) is 15.3. The molecule has 0 aliphatic heterocycles. The maximum Gasteiger partial charge on any atom is 0.0544 e. The zero-order valence-electron chi connectivity index (χ0n) is 32.6. The molecule has 0 bridgehead atoms. The standard InChI is InChI=1S/C55H48N2/c1-38-21-31-50(53(33-38)56-48-35-46(40-15-7-3-8-16-40)34-47(36-48)41-17-9-4-10-18-41)44-24-22-43(23-25-44)45-28-32-52-51-19-11-12-20-54(51)57(55(52)37-45)49-29-26-42(27-30-49)39-13-5-2-6-14-39/h2-9,11-17,19-22,24-32,34-38,43,50,53,56H,10,18,23,33H2,1H3/t38-,43?,50?,53?/m1/s1. The lowest BCUT2D eigenvalue weighted by Gasteiger charge is -2.34. The van der Waals surface area contributed by atoms with Gasteiger partial charge in [0.05, 0.1) is 11.0 Å². The van der Waals surface area contributed by atoms with E-state index in [1.54, 1.807) is 0 Å². The maximum absolute atomic E-state index is 4.08. The van der Waals surface area contributed by atoms with Gasteiger partial charge in [-0.2, -0.15) is 0 Å². The Labute approximate surface area is 336 Å². The molecular formula is C55H48N2. The fraction of sp³-hybridized carbons (Fsp3) is 0.164. The normalized spacial score (nSPS) is 20.4. The quantitative estimate of drug-likeness (QED) is 0.154. The summed E-state index contributed by atoms with van der Waals surface area (Å²) in [6.07, 6.45) is 23.3. The summed E-state index contributed by atoms with van der Waals surface area (Å²) < 4.78 is 2.45. The molecule has 1 N–H and O–H groups in total. The zero-order chi connectivity index (χ0) is 38.1. The number of nitrogens with zero attached hydrogens (tertiary/aromatic N) is 1. The first-order valence-corrected chi connectivity index (χ1v) is 20.7. The van der Waals surface area contributed by atoms with Crippen LogP contribution in [-0.2, 0) is 0 Å². The van der Waals surface area contributed by atoms with Gasteiger partial charge in [0.15, 0.2) is 0 Å². The second-order valence-electron chi connectivity index (χ2n) is 16.1. The van der Waals surface area contributed by atoms with E-state index in [2.05, 4.69) is 211 Å². The Kier molecular flexibility index (Phi) is 9.40. The minimum atomic E-state index is 0.303. The molecule has 6 aromatic carbocycles. The summed E-state index contributed by atoms with van der Waals surface area (Å²) in [6, 6.07) is 53.9. The van der Waals surface area contributed by atoms with Crippen molar-refractivity contribution in [3.05, 3.63) is 211 Å². The molecule has 0 spiro atoms. The lowest BCUT2D eigenvalue weighted by molar-refractivity contribution is 0.469. The highest BCUT2D eigenvalue weighted by molar-refractivity contribution is 6.09. The van der Waals surface area contributed by atoms with Crippen LogP contribution < -0.4 is 5.32 Å². The SMILES string of the molecule is C[C@@H]1C=CC(C2=CCC(c3ccc4c5ccccc5n(-c5ccc(-c6ccccc6)cc5)c4c3)C=C2)C(Nc2cc(C3=CC=CCC3)cc(-c3ccccc3)c2)C1. The van der Waals surface area contributed by atoms with Crippen molar-refractivity contribution in [3.8, 4) is 27.9 Å². The van der Waals surface area contributed by atoms with Crippen LogP contribution in [0, 0.1) is 11.8 Å². The minimum absolute atomic E-state index is 0.303. The van der Waals surface area contributed by atoms with Gasteiger partial charge in [-0.15, -0.1) is 0 Å². The molecule has 0 saturated carbocycles. The molecule has 10 rings (SSSR count). The van der Waals surface area contributed by atoms with Crippen molar-refractivity contribution in [1.29, 1.82) is 0 Å². The zero-order valence-corrected chi connectivity index (χ0v) is 32.6. The topological polar surface area (TPSA) is 17.0 Å². The van der Waals surface area contributed by atoms with E-state index < -0.39 is 0 Å². The van der Waals surface area contributed by atoms with Crippen molar-refractivity contribution >= 4 is 33.1 Å². The third kappa shape index (κ3) is 7.02. The fourth-order valence-electron chi connectivity index (χ4n) is 9.37. The highest BCUT2D eigenvalue weighted by atomic mass is 15.0. The molecule has 3 unspecified atom stereocenters. The van der Waals surface area contributed by atoms with E-state index in [1.165, 1.54) is 77.7 Å². The lowest BCUT2D eigenvalue weighted by Crippen LogP contribution is -2.33. The monoisotopic (exact) mass is 736 g/mol. The predicted molar refractivity (Wildman–Crippen MR) is 243 cm³/mol. The summed E-state index contributed by atoms with van der Waals surface area (Å²) in [5.74, 6) is 1.16. The molecule has 0 saturated heterocycles. The second-order valence-corrected chi connectivity index (χ2v) is 16.1. The van der Waals surface area contributed by atoms with Crippen LogP contribution in [-0.4, -0.2) is 10.6 Å². The molecular weight excluding hydrogens is 689 g/mol.